The van der Waals surface area contributed by atoms with Gasteiger partial charge in [-0.2, -0.15) is 0 Å². The van der Waals surface area contributed by atoms with E-state index in [0.717, 1.165) is 4.47 Å². The highest BCUT2D eigenvalue weighted by Gasteiger charge is 2.24. The Morgan fingerprint density at radius 2 is 2.20 bits per heavy atom. The largest absolute Gasteiger partial charge is 0.305 e. The molecule has 1 unspecified atom stereocenters. The van der Waals surface area contributed by atoms with Crippen molar-refractivity contribution in [2.24, 2.45) is 0 Å². The zero-order valence-electron chi connectivity index (χ0n) is 9.20. The van der Waals surface area contributed by atoms with Gasteiger partial charge < -0.3 is 10.2 Å². The minimum Gasteiger partial charge on any atom is -0.305 e. The molecular weight excluding hydrogens is 252 g/mol. The van der Waals surface area contributed by atoms with Crippen molar-refractivity contribution < 1.29 is 0 Å². The Hall–Kier alpha value is -0.380. The van der Waals surface area contributed by atoms with Crippen LogP contribution in [0.25, 0.3) is 0 Å². The maximum absolute atomic E-state index is 3.63. The molecule has 2 rings (SSSR count). The van der Waals surface area contributed by atoms with Gasteiger partial charge in [-0.15, -0.1) is 0 Å². The molecule has 2 nitrogen and oxygen atoms in total. The zero-order chi connectivity index (χ0) is 10.8. The molecule has 1 aromatic carbocycles. The van der Waals surface area contributed by atoms with E-state index in [1.54, 1.807) is 0 Å². The van der Waals surface area contributed by atoms with E-state index in [0.29, 0.717) is 12.1 Å². The zero-order valence-corrected chi connectivity index (χ0v) is 10.8. The van der Waals surface area contributed by atoms with E-state index in [4.69, 9.17) is 0 Å². The third-order valence-corrected chi connectivity index (χ3v) is 3.39. The lowest BCUT2D eigenvalue weighted by molar-refractivity contribution is 0.153. The van der Waals surface area contributed by atoms with E-state index in [1.807, 2.05) is 0 Å². The summed E-state index contributed by atoms with van der Waals surface area (Å²) >= 11 is 3.50. The highest BCUT2D eigenvalue weighted by Crippen LogP contribution is 2.19. The van der Waals surface area contributed by atoms with Gasteiger partial charge in [-0.05, 0) is 31.7 Å². The lowest BCUT2D eigenvalue weighted by Gasteiger charge is -2.38. The summed E-state index contributed by atoms with van der Waals surface area (Å²) in [6, 6.07) is 9.59. The molecule has 0 bridgehead atoms. The van der Waals surface area contributed by atoms with E-state index in [2.05, 4.69) is 64.4 Å². The van der Waals surface area contributed by atoms with Crippen molar-refractivity contribution in [1.29, 1.82) is 0 Å². The molecule has 15 heavy (non-hydrogen) atoms. The number of hydrogen-bond acceptors (Lipinski definition) is 2. The molecule has 1 heterocycles. The molecule has 0 aliphatic carbocycles. The first-order chi connectivity index (χ1) is 7.15. The molecule has 1 N–H and O–H groups in total. The SMILES string of the molecule is CC(NC1CN(C)C1)c1cccc(Br)c1. The van der Waals surface area contributed by atoms with Gasteiger partial charge in [-0.25, -0.2) is 0 Å². The van der Waals surface area contributed by atoms with Crippen LogP contribution in [0.5, 0.6) is 0 Å². The first-order valence-corrected chi connectivity index (χ1v) is 6.14. The molecule has 1 aliphatic rings. The second-order valence-corrected chi connectivity index (χ2v) is 5.28. The summed E-state index contributed by atoms with van der Waals surface area (Å²) in [4.78, 5) is 2.32. The second-order valence-electron chi connectivity index (χ2n) is 4.36. The van der Waals surface area contributed by atoms with Gasteiger partial charge in [-0.3, -0.25) is 0 Å². The number of nitrogens with zero attached hydrogens (tertiary/aromatic N) is 1. The summed E-state index contributed by atoms with van der Waals surface area (Å²) in [6.45, 7) is 4.55. The van der Waals surface area contributed by atoms with E-state index in [-0.39, 0.29) is 0 Å². The van der Waals surface area contributed by atoms with Crippen molar-refractivity contribution in [2.45, 2.75) is 19.0 Å². The average Bonchev–Trinajstić information content (AvgIpc) is 2.15. The Morgan fingerprint density at radius 3 is 2.80 bits per heavy atom. The third kappa shape index (κ3) is 2.80. The summed E-state index contributed by atoms with van der Waals surface area (Å²) in [6.07, 6.45) is 0. The van der Waals surface area contributed by atoms with Crippen molar-refractivity contribution in [3.05, 3.63) is 34.3 Å². The van der Waals surface area contributed by atoms with Crippen molar-refractivity contribution in [1.82, 2.24) is 10.2 Å². The fourth-order valence-electron chi connectivity index (χ4n) is 2.03. The van der Waals surface area contributed by atoms with Crippen LogP contribution >= 0.6 is 15.9 Å². The van der Waals surface area contributed by atoms with Crippen LogP contribution in [0, 0.1) is 0 Å². The first-order valence-electron chi connectivity index (χ1n) is 5.35. The smallest absolute Gasteiger partial charge is 0.0327 e. The van der Waals surface area contributed by atoms with E-state index in [9.17, 15) is 0 Å². The van der Waals surface area contributed by atoms with Gasteiger partial charge in [0.2, 0.25) is 0 Å². The van der Waals surface area contributed by atoms with E-state index < -0.39 is 0 Å². The lowest BCUT2D eigenvalue weighted by Crippen LogP contribution is -2.56. The standard InChI is InChI=1S/C12H17BrN2/c1-9(14-12-7-15(2)8-12)10-4-3-5-11(13)6-10/h3-6,9,12,14H,7-8H2,1-2H3. The summed E-state index contributed by atoms with van der Waals surface area (Å²) in [5.74, 6) is 0. The van der Waals surface area contributed by atoms with Crippen LogP contribution in [0.15, 0.2) is 28.7 Å². The van der Waals surface area contributed by atoms with Gasteiger partial charge >= 0.3 is 0 Å². The number of likely N-dealkylation sites (tertiary alicyclic amines) is 1. The molecule has 1 aliphatic heterocycles. The van der Waals surface area contributed by atoms with Crippen LogP contribution in [0.4, 0.5) is 0 Å². The number of halogens is 1. The first kappa shape index (κ1) is 11.1. The van der Waals surface area contributed by atoms with E-state index >= 15 is 0 Å². The normalized spacial score (nSPS) is 19.9. The van der Waals surface area contributed by atoms with Gasteiger partial charge in [0.05, 0.1) is 0 Å². The fraction of sp³-hybridized carbons (Fsp3) is 0.500. The molecule has 0 saturated carbocycles. The number of rotatable bonds is 3. The van der Waals surface area contributed by atoms with Gasteiger partial charge in [0.25, 0.3) is 0 Å². The quantitative estimate of drug-likeness (QED) is 0.906. The number of benzene rings is 1. The fourth-order valence-corrected chi connectivity index (χ4v) is 2.45. The summed E-state index contributed by atoms with van der Waals surface area (Å²) in [5, 5.41) is 3.63. The van der Waals surface area contributed by atoms with Gasteiger partial charge in [0, 0.05) is 29.6 Å². The minimum absolute atomic E-state index is 0.432. The average molecular weight is 269 g/mol. The molecule has 0 aromatic heterocycles. The highest BCUT2D eigenvalue weighted by molar-refractivity contribution is 9.10. The molecule has 1 atom stereocenters. The maximum atomic E-state index is 3.63. The molecule has 0 amide bonds. The summed E-state index contributed by atoms with van der Waals surface area (Å²) < 4.78 is 1.15. The molecule has 1 aromatic rings. The molecule has 1 saturated heterocycles. The van der Waals surface area contributed by atoms with Crippen LogP contribution in [-0.4, -0.2) is 31.1 Å². The minimum atomic E-state index is 0.432. The van der Waals surface area contributed by atoms with E-state index in [1.165, 1.54) is 18.7 Å². The molecule has 82 valence electrons. The van der Waals surface area contributed by atoms with Crippen molar-refractivity contribution in [3.63, 3.8) is 0 Å². The Kier molecular flexibility index (Phi) is 3.44. The number of hydrogen-bond donors (Lipinski definition) is 1. The van der Waals surface area contributed by atoms with Gasteiger partial charge in [-0.1, -0.05) is 28.1 Å². The molecule has 0 spiro atoms. The predicted molar refractivity (Wildman–Crippen MR) is 67.0 cm³/mol. The molecule has 0 radical (unpaired) electrons. The summed E-state index contributed by atoms with van der Waals surface area (Å²) in [7, 11) is 2.15. The Balaban J connectivity index is 1.93. The Morgan fingerprint density at radius 1 is 1.47 bits per heavy atom. The molecular formula is C12H17BrN2. The van der Waals surface area contributed by atoms with Crippen molar-refractivity contribution in [2.75, 3.05) is 20.1 Å². The number of likely N-dealkylation sites (N-methyl/N-ethyl adjacent to an activating group) is 1. The Bertz CT molecular complexity index is 334. The van der Waals surface area contributed by atoms with Crippen LogP contribution < -0.4 is 5.32 Å². The molecule has 3 heteroatoms. The van der Waals surface area contributed by atoms with Crippen LogP contribution in [0.1, 0.15) is 18.5 Å². The monoisotopic (exact) mass is 268 g/mol. The van der Waals surface area contributed by atoms with Crippen LogP contribution in [0.3, 0.4) is 0 Å². The van der Waals surface area contributed by atoms with Crippen LogP contribution in [-0.2, 0) is 0 Å². The number of nitrogens with one attached hydrogen (secondary N) is 1. The Labute approximate surface area is 99.8 Å². The third-order valence-electron chi connectivity index (χ3n) is 2.90. The molecule has 1 fully saturated rings. The second kappa shape index (κ2) is 4.64. The topological polar surface area (TPSA) is 15.3 Å². The van der Waals surface area contributed by atoms with Gasteiger partial charge in [0.15, 0.2) is 0 Å². The summed E-state index contributed by atoms with van der Waals surface area (Å²) in [5.41, 5.74) is 1.35. The predicted octanol–water partition coefficient (Wildman–Crippen LogP) is 2.41. The maximum Gasteiger partial charge on any atom is 0.0327 e. The van der Waals surface area contributed by atoms with Crippen LogP contribution in [0.2, 0.25) is 0 Å². The highest BCUT2D eigenvalue weighted by atomic mass is 79.9. The van der Waals surface area contributed by atoms with Gasteiger partial charge in [0.1, 0.15) is 0 Å². The van der Waals surface area contributed by atoms with Crippen molar-refractivity contribution >= 4 is 15.9 Å². The van der Waals surface area contributed by atoms with Crippen molar-refractivity contribution in [3.8, 4) is 0 Å². The lowest BCUT2D eigenvalue weighted by atomic mass is 10.0.